The fraction of sp³-hybridized carbons (Fsp3) is 0.842. The molecule has 3 saturated heterocycles. The van der Waals surface area contributed by atoms with Gasteiger partial charge in [-0.1, -0.05) is 19.3 Å². The molecule has 0 spiro atoms. The molecule has 4 rings (SSSR count). The lowest BCUT2D eigenvalue weighted by Crippen LogP contribution is -2.51. The molecule has 0 bridgehead atoms. The maximum absolute atomic E-state index is 12.9. The molecule has 0 unspecified atom stereocenters. The number of imide groups is 1. The zero-order chi connectivity index (χ0) is 17.6. The number of rotatable bonds is 2. The second-order valence-electron chi connectivity index (χ2n) is 8.38. The van der Waals surface area contributed by atoms with Crippen molar-refractivity contribution in [2.75, 3.05) is 19.6 Å². The average molecular weight is 347 g/mol. The summed E-state index contributed by atoms with van der Waals surface area (Å²) in [5, 5.41) is 0. The van der Waals surface area contributed by atoms with Gasteiger partial charge in [0.2, 0.25) is 5.91 Å². The number of amides is 4. The first kappa shape index (κ1) is 16.9. The number of piperidine rings is 1. The minimum Gasteiger partial charge on any atom is -0.342 e. The number of hydrogen-bond acceptors (Lipinski definition) is 3. The van der Waals surface area contributed by atoms with E-state index >= 15 is 0 Å². The molecule has 1 aliphatic carbocycles. The van der Waals surface area contributed by atoms with Gasteiger partial charge in [0.15, 0.2) is 0 Å². The van der Waals surface area contributed by atoms with Gasteiger partial charge in [-0.2, -0.15) is 0 Å². The van der Waals surface area contributed by atoms with Crippen molar-refractivity contribution in [3.05, 3.63) is 0 Å². The first-order valence-electron chi connectivity index (χ1n) is 9.96. The highest BCUT2D eigenvalue weighted by atomic mass is 16.2. The second-order valence-corrected chi connectivity index (χ2v) is 8.38. The lowest BCUT2D eigenvalue weighted by Gasteiger charge is -2.37. The largest absolute Gasteiger partial charge is 0.342 e. The van der Waals surface area contributed by atoms with Crippen LogP contribution in [0.25, 0.3) is 0 Å². The molecule has 3 aliphatic heterocycles. The molecule has 4 amide bonds. The molecule has 4 fully saturated rings. The summed E-state index contributed by atoms with van der Waals surface area (Å²) in [5.74, 6) is 0.474. The molecule has 4 aliphatic rings. The molecule has 25 heavy (non-hydrogen) atoms. The summed E-state index contributed by atoms with van der Waals surface area (Å²) in [5.41, 5.74) is -0.619. The highest BCUT2D eigenvalue weighted by molar-refractivity contribution is 6.07. The third-order valence-electron chi connectivity index (χ3n) is 6.85. The van der Waals surface area contributed by atoms with E-state index in [1.165, 1.54) is 11.3 Å². The van der Waals surface area contributed by atoms with E-state index in [1.807, 2.05) is 11.8 Å². The van der Waals surface area contributed by atoms with Crippen molar-refractivity contribution in [2.45, 2.75) is 76.3 Å². The van der Waals surface area contributed by atoms with Gasteiger partial charge >= 0.3 is 6.03 Å². The Bertz CT molecular complexity index is 578. The van der Waals surface area contributed by atoms with Crippen molar-refractivity contribution in [3.8, 4) is 0 Å². The minimum absolute atomic E-state index is 0.0212. The van der Waals surface area contributed by atoms with Crippen LogP contribution < -0.4 is 0 Å². The topological polar surface area (TPSA) is 60.9 Å². The molecule has 0 aromatic carbocycles. The first-order chi connectivity index (χ1) is 12.0. The van der Waals surface area contributed by atoms with Crippen molar-refractivity contribution in [3.63, 3.8) is 0 Å². The van der Waals surface area contributed by atoms with Gasteiger partial charge in [0, 0.05) is 31.6 Å². The molecule has 1 saturated carbocycles. The lowest BCUT2D eigenvalue weighted by molar-refractivity contribution is -0.139. The highest BCUT2D eigenvalue weighted by Gasteiger charge is 2.58. The van der Waals surface area contributed by atoms with Crippen LogP contribution in [-0.2, 0) is 9.59 Å². The molecule has 138 valence electrons. The van der Waals surface area contributed by atoms with Crippen molar-refractivity contribution < 1.29 is 14.4 Å². The van der Waals surface area contributed by atoms with Crippen LogP contribution >= 0.6 is 0 Å². The predicted molar refractivity (Wildman–Crippen MR) is 92.8 cm³/mol. The van der Waals surface area contributed by atoms with Gasteiger partial charge in [0.05, 0.1) is 0 Å². The van der Waals surface area contributed by atoms with Crippen molar-refractivity contribution in [1.82, 2.24) is 14.7 Å². The summed E-state index contributed by atoms with van der Waals surface area (Å²) < 4.78 is 0. The third-order valence-corrected chi connectivity index (χ3v) is 6.85. The van der Waals surface area contributed by atoms with Crippen molar-refractivity contribution in [2.24, 2.45) is 5.92 Å². The van der Waals surface area contributed by atoms with Gasteiger partial charge in [-0.25, -0.2) is 4.79 Å². The number of carbonyl (C=O) groups is 3. The van der Waals surface area contributed by atoms with Crippen molar-refractivity contribution >= 4 is 17.8 Å². The van der Waals surface area contributed by atoms with E-state index in [0.29, 0.717) is 25.5 Å². The summed E-state index contributed by atoms with van der Waals surface area (Å²) in [4.78, 5) is 43.5. The van der Waals surface area contributed by atoms with E-state index in [9.17, 15) is 14.4 Å². The summed E-state index contributed by atoms with van der Waals surface area (Å²) >= 11 is 0. The summed E-state index contributed by atoms with van der Waals surface area (Å²) in [7, 11) is 0. The molecule has 0 aromatic rings. The number of fused-ring (bicyclic) bond motifs is 1. The molecule has 3 heterocycles. The minimum atomic E-state index is -0.619. The molecular formula is C19H29N3O3. The Balaban J connectivity index is 1.38. The summed E-state index contributed by atoms with van der Waals surface area (Å²) in [6.45, 7) is 3.94. The van der Waals surface area contributed by atoms with Gasteiger partial charge in [-0.05, 0) is 45.4 Å². The van der Waals surface area contributed by atoms with Gasteiger partial charge in [0.25, 0.3) is 5.91 Å². The number of hydrogen-bond donors (Lipinski definition) is 0. The molecule has 0 radical (unpaired) electrons. The van der Waals surface area contributed by atoms with Gasteiger partial charge in [-0.3, -0.25) is 14.5 Å². The van der Waals surface area contributed by atoms with Crippen LogP contribution in [0.2, 0.25) is 0 Å². The molecule has 6 nitrogen and oxygen atoms in total. The van der Waals surface area contributed by atoms with Crippen LogP contribution in [0.1, 0.15) is 64.7 Å². The van der Waals surface area contributed by atoms with E-state index < -0.39 is 5.54 Å². The van der Waals surface area contributed by atoms with Gasteiger partial charge in [0.1, 0.15) is 5.54 Å². The normalized spacial score (nSPS) is 31.8. The maximum Gasteiger partial charge on any atom is 0.327 e. The van der Waals surface area contributed by atoms with E-state index in [1.54, 1.807) is 4.90 Å². The van der Waals surface area contributed by atoms with E-state index in [0.717, 1.165) is 51.4 Å². The maximum atomic E-state index is 12.9. The third kappa shape index (κ3) is 2.64. The highest BCUT2D eigenvalue weighted by Crippen LogP contribution is 2.39. The first-order valence-corrected chi connectivity index (χ1v) is 9.96. The zero-order valence-electron chi connectivity index (χ0n) is 15.2. The fourth-order valence-electron chi connectivity index (χ4n) is 5.24. The zero-order valence-corrected chi connectivity index (χ0v) is 15.2. The summed E-state index contributed by atoms with van der Waals surface area (Å²) in [6.07, 6.45) is 8.75. The molecule has 0 aromatic heterocycles. The Morgan fingerprint density at radius 3 is 2.28 bits per heavy atom. The van der Waals surface area contributed by atoms with Crippen LogP contribution in [0.3, 0.4) is 0 Å². The number of likely N-dealkylation sites (tertiary alicyclic amines) is 1. The van der Waals surface area contributed by atoms with Crippen molar-refractivity contribution in [1.29, 1.82) is 0 Å². The Morgan fingerprint density at radius 2 is 1.64 bits per heavy atom. The average Bonchev–Trinajstić information content (AvgIpc) is 3.12. The molecule has 0 N–H and O–H groups in total. The van der Waals surface area contributed by atoms with Gasteiger partial charge < -0.3 is 9.80 Å². The Labute approximate surface area is 149 Å². The fourth-order valence-corrected chi connectivity index (χ4v) is 5.24. The van der Waals surface area contributed by atoms with E-state index in [2.05, 4.69) is 0 Å². The molecule has 1 atom stereocenters. The van der Waals surface area contributed by atoms with Crippen LogP contribution in [0.5, 0.6) is 0 Å². The molecule has 6 heteroatoms. The SMILES string of the molecule is C[C@]12CCCN1C(=O)N(C1CCN(C(=O)C3CCCCC3)CC1)C2=O. The van der Waals surface area contributed by atoms with Gasteiger partial charge in [-0.15, -0.1) is 0 Å². The molecular weight excluding hydrogens is 318 g/mol. The monoisotopic (exact) mass is 347 g/mol. The predicted octanol–water partition coefficient (Wildman–Crippen LogP) is 2.37. The number of nitrogens with zero attached hydrogens (tertiary/aromatic N) is 3. The summed E-state index contributed by atoms with van der Waals surface area (Å²) in [6, 6.07) is -0.153. The van der Waals surface area contributed by atoms with E-state index in [-0.39, 0.29) is 23.9 Å². The van der Waals surface area contributed by atoms with Crippen LogP contribution in [0, 0.1) is 5.92 Å². The second kappa shape index (κ2) is 6.29. The number of urea groups is 1. The van der Waals surface area contributed by atoms with E-state index in [4.69, 9.17) is 0 Å². The van der Waals surface area contributed by atoms with Crippen LogP contribution in [0.4, 0.5) is 4.79 Å². The Kier molecular flexibility index (Phi) is 4.24. The quantitative estimate of drug-likeness (QED) is 0.721. The number of carbonyl (C=O) groups excluding carboxylic acids is 3. The van der Waals surface area contributed by atoms with Crippen LogP contribution in [-0.4, -0.2) is 63.8 Å². The Hall–Kier alpha value is -1.59. The lowest BCUT2D eigenvalue weighted by atomic mass is 9.87. The van der Waals surface area contributed by atoms with Crippen LogP contribution in [0.15, 0.2) is 0 Å². The Morgan fingerprint density at radius 1 is 0.960 bits per heavy atom. The smallest absolute Gasteiger partial charge is 0.327 e. The standard InChI is InChI=1S/C19H29N3O3/c1-19-10-5-11-21(19)18(25)22(17(19)24)15-8-12-20(13-9-15)16(23)14-6-3-2-4-7-14/h14-15H,2-13H2,1H3/t19-/m1/s1.